The Bertz CT molecular complexity index is 1090. The largest absolute Gasteiger partial charge is 0.478 e. The first-order chi connectivity index (χ1) is 15.2. The van der Waals surface area contributed by atoms with Gasteiger partial charge >= 0.3 is 5.97 Å². The molecule has 0 spiro atoms. The zero-order valence-corrected chi connectivity index (χ0v) is 17.5. The van der Waals surface area contributed by atoms with Crippen molar-refractivity contribution in [3.8, 4) is 0 Å². The molecule has 5 nitrogen and oxygen atoms in total. The number of hydrogen-bond acceptors (Lipinski definition) is 4. The number of nitrogens with one attached hydrogen (secondary N) is 2. The van der Waals surface area contributed by atoms with E-state index in [-0.39, 0.29) is 5.56 Å². The second kappa shape index (κ2) is 8.42. The number of fused-ring (bicyclic) bond motifs is 1. The first-order valence-corrected chi connectivity index (χ1v) is 11.1. The van der Waals surface area contributed by atoms with E-state index in [0.717, 1.165) is 36.6 Å². The van der Waals surface area contributed by atoms with Gasteiger partial charge in [0.1, 0.15) is 0 Å². The van der Waals surface area contributed by atoms with Crippen LogP contribution in [0.3, 0.4) is 0 Å². The minimum absolute atomic E-state index is 0.262. The Morgan fingerprint density at radius 1 is 1.03 bits per heavy atom. The van der Waals surface area contributed by atoms with Gasteiger partial charge in [0.15, 0.2) is 0 Å². The Morgan fingerprint density at radius 2 is 1.84 bits per heavy atom. The number of carbonyl (C=O) groups is 1. The van der Waals surface area contributed by atoms with E-state index >= 15 is 0 Å². The normalized spacial score (nSPS) is 17.6. The van der Waals surface area contributed by atoms with Crippen LogP contribution in [0, 0.1) is 0 Å². The van der Waals surface area contributed by atoms with Gasteiger partial charge in [0.05, 0.1) is 17.4 Å². The number of nitrogens with zero attached hydrogens (tertiary/aromatic N) is 1. The van der Waals surface area contributed by atoms with Crippen molar-refractivity contribution < 1.29 is 9.90 Å². The average molecular weight is 414 g/mol. The third kappa shape index (κ3) is 4.41. The van der Waals surface area contributed by atoms with Crippen LogP contribution in [0.25, 0.3) is 0 Å². The van der Waals surface area contributed by atoms with Gasteiger partial charge in [-0.15, -0.1) is 0 Å². The van der Waals surface area contributed by atoms with E-state index in [2.05, 4.69) is 58.1 Å². The van der Waals surface area contributed by atoms with Gasteiger partial charge in [0.2, 0.25) is 0 Å². The monoisotopic (exact) mass is 413 g/mol. The van der Waals surface area contributed by atoms with Crippen LogP contribution in [-0.4, -0.2) is 22.6 Å². The van der Waals surface area contributed by atoms with E-state index in [9.17, 15) is 9.90 Å². The Labute approximate surface area is 182 Å². The number of benzene rings is 2. The summed E-state index contributed by atoms with van der Waals surface area (Å²) in [6.45, 7) is 0.703. The van der Waals surface area contributed by atoms with Gasteiger partial charge in [-0.2, -0.15) is 0 Å². The standard InChI is InChI=1S/C26H27N3O2/c30-26(31)24-12-13-27-16-25(24)28-15-20-3-1-2-19-14-22(10-11-23(19)20)29-21-8-6-18(7-9-21)17-4-5-17/h6-14,16-17,20,28-29H,1-5,15H2,(H,30,31)/t20-/m0/s1. The lowest BCUT2D eigenvalue weighted by Crippen LogP contribution is -2.19. The van der Waals surface area contributed by atoms with Gasteiger partial charge in [0, 0.05) is 30.0 Å². The molecule has 31 heavy (non-hydrogen) atoms. The van der Waals surface area contributed by atoms with E-state index < -0.39 is 5.97 Å². The van der Waals surface area contributed by atoms with Crippen LogP contribution < -0.4 is 10.6 Å². The van der Waals surface area contributed by atoms with Crippen molar-refractivity contribution in [3.63, 3.8) is 0 Å². The first-order valence-electron chi connectivity index (χ1n) is 11.1. The van der Waals surface area contributed by atoms with Crippen LogP contribution in [0.1, 0.15) is 64.6 Å². The Hall–Kier alpha value is -3.34. The molecule has 158 valence electrons. The molecule has 3 aromatic rings. The van der Waals surface area contributed by atoms with E-state index in [1.54, 1.807) is 6.20 Å². The fourth-order valence-corrected chi connectivity index (χ4v) is 4.58. The van der Waals surface area contributed by atoms with Crippen molar-refractivity contribution in [2.45, 2.75) is 43.9 Å². The summed E-state index contributed by atoms with van der Waals surface area (Å²) < 4.78 is 0. The molecule has 0 aliphatic heterocycles. The Balaban J connectivity index is 1.28. The molecule has 1 saturated carbocycles. The third-order valence-electron chi connectivity index (χ3n) is 6.42. The van der Waals surface area contributed by atoms with Crippen LogP contribution in [0.15, 0.2) is 60.9 Å². The van der Waals surface area contributed by atoms with Gasteiger partial charge < -0.3 is 15.7 Å². The predicted molar refractivity (Wildman–Crippen MR) is 124 cm³/mol. The van der Waals surface area contributed by atoms with E-state index in [1.165, 1.54) is 41.8 Å². The molecule has 1 fully saturated rings. The quantitative estimate of drug-likeness (QED) is 0.447. The second-order valence-electron chi connectivity index (χ2n) is 8.63. The highest BCUT2D eigenvalue weighted by Crippen LogP contribution is 2.40. The van der Waals surface area contributed by atoms with Crippen LogP contribution >= 0.6 is 0 Å². The average Bonchev–Trinajstić information content (AvgIpc) is 3.63. The highest BCUT2D eigenvalue weighted by atomic mass is 16.4. The maximum Gasteiger partial charge on any atom is 0.337 e. The number of pyridine rings is 1. The Kier molecular flexibility index (Phi) is 5.33. The zero-order chi connectivity index (χ0) is 21.2. The third-order valence-corrected chi connectivity index (χ3v) is 6.42. The number of anilines is 3. The van der Waals surface area contributed by atoms with Gasteiger partial charge in [-0.25, -0.2) is 4.79 Å². The van der Waals surface area contributed by atoms with Crippen molar-refractivity contribution >= 4 is 23.0 Å². The van der Waals surface area contributed by atoms with E-state index in [0.29, 0.717) is 18.2 Å². The summed E-state index contributed by atoms with van der Waals surface area (Å²) in [6, 6.07) is 17.0. The van der Waals surface area contributed by atoms with Crippen LogP contribution in [0.4, 0.5) is 17.1 Å². The molecule has 0 saturated heterocycles. The molecular weight excluding hydrogens is 386 g/mol. The molecule has 2 aliphatic carbocycles. The molecule has 5 rings (SSSR count). The molecule has 2 aromatic carbocycles. The molecule has 2 aliphatic rings. The fraction of sp³-hybridized carbons (Fsp3) is 0.308. The molecule has 1 aromatic heterocycles. The van der Waals surface area contributed by atoms with Crippen LogP contribution in [-0.2, 0) is 6.42 Å². The van der Waals surface area contributed by atoms with Gasteiger partial charge in [-0.1, -0.05) is 18.2 Å². The number of hydrogen-bond donors (Lipinski definition) is 3. The second-order valence-corrected chi connectivity index (χ2v) is 8.63. The summed E-state index contributed by atoms with van der Waals surface area (Å²) in [4.78, 5) is 15.5. The predicted octanol–water partition coefficient (Wildman–Crippen LogP) is 5.93. The lowest BCUT2D eigenvalue weighted by Gasteiger charge is -2.27. The van der Waals surface area contributed by atoms with Crippen molar-refractivity contribution in [1.29, 1.82) is 0 Å². The topological polar surface area (TPSA) is 74.2 Å². The summed E-state index contributed by atoms with van der Waals surface area (Å²) in [7, 11) is 0. The van der Waals surface area contributed by atoms with Crippen LogP contribution in [0.2, 0.25) is 0 Å². The highest BCUT2D eigenvalue weighted by molar-refractivity contribution is 5.93. The van der Waals surface area contributed by atoms with Gasteiger partial charge in [-0.05, 0) is 85.0 Å². The number of aromatic nitrogens is 1. The van der Waals surface area contributed by atoms with E-state index in [4.69, 9.17) is 0 Å². The van der Waals surface area contributed by atoms with Gasteiger partial charge in [-0.3, -0.25) is 4.98 Å². The van der Waals surface area contributed by atoms with Gasteiger partial charge in [0.25, 0.3) is 0 Å². The number of aryl methyl sites for hydroxylation is 1. The van der Waals surface area contributed by atoms with Crippen molar-refractivity contribution in [2.24, 2.45) is 0 Å². The van der Waals surface area contributed by atoms with Crippen molar-refractivity contribution in [1.82, 2.24) is 4.98 Å². The van der Waals surface area contributed by atoms with Crippen molar-refractivity contribution in [2.75, 3.05) is 17.2 Å². The minimum atomic E-state index is -0.935. The number of aromatic carboxylic acids is 1. The molecule has 1 atom stereocenters. The molecule has 3 N–H and O–H groups in total. The summed E-state index contributed by atoms with van der Waals surface area (Å²) in [5, 5.41) is 16.2. The SMILES string of the molecule is O=C(O)c1ccncc1NC[C@@H]1CCCc2cc(Nc3ccc(C4CC4)cc3)ccc21. The molecule has 5 heteroatoms. The molecular formula is C26H27N3O2. The highest BCUT2D eigenvalue weighted by Gasteiger charge is 2.23. The molecule has 0 unspecified atom stereocenters. The first kappa shape index (κ1) is 19.6. The number of carboxylic acids is 1. The fourth-order valence-electron chi connectivity index (χ4n) is 4.58. The maximum absolute atomic E-state index is 11.4. The van der Waals surface area contributed by atoms with E-state index in [1.807, 2.05) is 0 Å². The molecule has 0 bridgehead atoms. The number of rotatable bonds is 7. The summed E-state index contributed by atoms with van der Waals surface area (Å²) >= 11 is 0. The zero-order valence-electron chi connectivity index (χ0n) is 17.5. The lowest BCUT2D eigenvalue weighted by molar-refractivity contribution is 0.0698. The Morgan fingerprint density at radius 3 is 2.61 bits per heavy atom. The summed E-state index contributed by atoms with van der Waals surface area (Å²) in [5.41, 5.74) is 7.26. The summed E-state index contributed by atoms with van der Waals surface area (Å²) in [5.74, 6) is 0.203. The molecule has 1 heterocycles. The van der Waals surface area contributed by atoms with Crippen molar-refractivity contribution in [3.05, 3.63) is 83.2 Å². The molecule has 0 radical (unpaired) electrons. The minimum Gasteiger partial charge on any atom is -0.478 e. The van der Waals surface area contributed by atoms with Crippen LogP contribution in [0.5, 0.6) is 0 Å². The maximum atomic E-state index is 11.4. The molecule has 0 amide bonds. The smallest absolute Gasteiger partial charge is 0.337 e. The lowest BCUT2D eigenvalue weighted by atomic mass is 9.82. The summed E-state index contributed by atoms with van der Waals surface area (Å²) in [6.07, 6.45) is 9.07. The number of carboxylic acid groups (broad SMARTS) is 1.